The van der Waals surface area contributed by atoms with Crippen molar-refractivity contribution in [2.45, 2.75) is 38.3 Å². The molecule has 3 heterocycles. The van der Waals surface area contributed by atoms with E-state index in [2.05, 4.69) is 21.9 Å². The first-order chi connectivity index (χ1) is 13.7. The number of methoxy groups -OCH3 is 1. The van der Waals surface area contributed by atoms with Gasteiger partial charge >= 0.3 is 5.97 Å². The Hall–Kier alpha value is -2.11. The second-order valence-corrected chi connectivity index (χ2v) is 8.09. The molecule has 0 amide bonds. The first kappa shape index (κ1) is 19.2. The molecule has 2 saturated heterocycles. The van der Waals surface area contributed by atoms with Gasteiger partial charge in [0.2, 0.25) is 0 Å². The molecule has 5 nitrogen and oxygen atoms in total. The van der Waals surface area contributed by atoms with E-state index in [1.54, 1.807) is 6.26 Å². The van der Waals surface area contributed by atoms with Crippen LogP contribution in [-0.2, 0) is 17.7 Å². The molecule has 150 valence electrons. The number of piperidine rings is 1. The Balaban J connectivity index is 1.28. The maximum absolute atomic E-state index is 12.0. The molecule has 4 rings (SSSR count). The monoisotopic (exact) mass is 382 g/mol. The molecule has 0 radical (unpaired) electrons. The SMILES string of the molecule is COC(=O)c1ccccc1CC1CCN(C2CCN(Cc3ccco3)CC2)C1. The predicted molar refractivity (Wildman–Crippen MR) is 108 cm³/mol. The Labute approximate surface area is 167 Å². The Morgan fingerprint density at radius 2 is 1.93 bits per heavy atom. The van der Waals surface area contributed by atoms with Crippen molar-refractivity contribution >= 4 is 5.97 Å². The number of carbonyl (C=O) groups excluding carboxylic acids is 1. The maximum Gasteiger partial charge on any atom is 0.338 e. The average molecular weight is 383 g/mol. The normalized spacial score (nSPS) is 21.8. The molecule has 2 aliphatic rings. The zero-order chi connectivity index (χ0) is 19.3. The van der Waals surface area contributed by atoms with Crippen LogP contribution in [0.25, 0.3) is 0 Å². The average Bonchev–Trinajstić information content (AvgIpc) is 3.41. The van der Waals surface area contributed by atoms with Crippen molar-refractivity contribution < 1.29 is 13.9 Å². The maximum atomic E-state index is 12.0. The lowest BCUT2D eigenvalue weighted by molar-refractivity contribution is 0.0599. The van der Waals surface area contributed by atoms with E-state index in [4.69, 9.17) is 9.15 Å². The molecule has 2 aliphatic heterocycles. The Morgan fingerprint density at radius 3 is 2.68 bits per heavy atom. The summed E-state index contributed by atoms with van der Waals surface area (Å²) in [6.45, 7) is 5.51. The van der Waals surface area contributed by atoms with E-state index >= 15 is 0 Å². The molecule has 0 N–H and O–H groups in total. The van der Waals surface area contributed by atoms with Crippen LogP contribution in [0.5, 0.6) is 0 Å². The van der Waals surface area contributed by atoms with Crippen LogP contribution >= 0.6 is 0 Å². The summed E-state index contributed by atoms with van der Waals surface area (Å²) in [7, 11) is 1.45. The van der Waals surface area contributed by atoms with E-state index in [1.165, 1.54) is 32.9 Å². The molecular weight excluding hydrogens is 352 g/mol. The van der Waals surface area contributed by atoms with Crippen molar-refractivity contribution in [1.82, 2.24) is 9.80 Å². The molecule has 1 unspecified atom stereocenters. The fourth-order valence-electron chi connectivity index (χ4n) is 4.74. The number of carbonyl (C=O) groups is 1. The first-order valence-electron chi connectivity index (χ1n) is 10.4. The van der Waals surface area contributed by atoms with Crippen molar-refractivity contribution in [2.75, 3.05) is 33.3 Å². The molecular formula is C23H30N2O3. The van der Waals surface area contributed by atoms with Gasteiger partial charge in [-0.3, -0.25) is 9.80 Å². The molecule has 0 aliphatic carbocycles. The zero-order valence-electron chi connectivity index (χ0n) is 16.7. The van der Waals surface area contributed by atoms with Gasteiger partial charge in [0.15, 0.2) is 0 Å². The summed E-state index contributed by atoms with van der Waals surface area (Å²) in [4.78, 5) is 17.2. The lowest BCUT2D eigenvalue weighted by Crippen LogP contribution is -2.43. The van der Waals surface area contributed by atoms with Crippen LogP contribution in [0.2, 0.25) is 0 Å². The molecule has 1 aromatic carbocycles. The number of furan rings is 1. The Kier molecular flexibility index (Phi) is 6.13. The highest BCUT2D eigenvalue weighted by atomic mass is 16.5. The van der Waals surface area contributed by atoms with Gasteiger partial charge in [-0.15, -0.1) is 0 Å². The van der Waals surface area contributed by atoms with E-state index < -0.39 is 0 Å². The second-order valence-electron chi connectivity index (χ2n) is 8.09. The van der Waals surface area contributed by atoms with Crippen molar-refractivity contribution in [1.29, 1.82) is 0 Å². The number of likely N-dealkylation sites (tertiary alicyclic amines) is 2. The second kappa shape index (κ2) is 8.93. The highest BCUT2D eigenvalue weighted by molar-refractivity contribution is 5.90. The fraction of sp³-hybridized carbons (Fsp3) is 0.522. The smallest absolute Gasteiger partial charge is 0.338 e. The minimum atomic E-state index is -0.227. The summed E-state index contributed by atoms with van der Waals surface area (Å²) < 4.78 is 10.4. The third-order valence-electron chi connectivity index (χ3n) is 6.28. The third kappa shape index (κ3) is 4.47. The number of hydrogen-bond donors (Lipinski definition) is 0. The van der Waals surface area contributed by atoms with Gasteiger partial charge in [0.05, 0.1) is 25.5 Å². The van der Waals surface area contributed by atoms with E-state index in [1.807, 2.05) is 24.3 Å². The van der Waals surface area contributed by atoms with Gasteiger partial charge in [0.25, 0.3) is 0 Å². The van der Waals surface area contributed by atoms with Gasteiger partial charge in [-0.25, -0.2) is 4.79 Å². The van der Waals surface area contributed by atoms with Crippen LogP contribution in [0.1, 0.15) is 40.9 Å². The van der Waals surface area contributed by atoms with Crippen LogP contribution in [0, 0.1) is 5.92 Å². The molecule has 0 bridgehead atoms. The van der Waals surface area contributed by atoms with Crippen LogP contribution in [0.4, 0.5) is 0 Å². The molecule has 5 heteroatoms. The summed E-state index contributed by atoms with van der Waals surface area (Å²) in [6, 6.07) is 12.6. The van der Waals surface area contributed by atoms with Gasteiger partial charge in [0.1, 0.15) is 5.76 Å². The van der Waals surface area contributed by atoms with Gasteiger partial charge in [-0.2, -0.15) is 0 Å². The molecule has 28 heavy (non-hydrogen) atoms. The Bertz CT molecular complexity index is 766. The summed E-state index contributed by atoms with van der Waals surface area (Å²) in [5, 5.41) is 0. The largest absolute Gasteiger partial charge is 0.468 e. The highest BCUT2D eigenvalue weighted by Crippen LogP contribution is 2.28. The van der Waals surface area contributed by atoms with Crippen LogP contribution in [0.3, 0.4) is 0 Å². The van der Waals surface area contributed by atoms with E-state index in [0.717, 1.165) is 49.5 Å². The number of rotatable bonds is 6. The molecule has 2 aromatic rings. The minimum Gasteiger partial charge on any atom is -0.468 e. The van der Waals surface area contributed by atoms with Crippen LogP contribution in [-0.4, -0.2) is 55.1 Å². The first-order valence-corrected chi connectivity index (χ1v) is 10.4. The van der Waals surface area contributed by atoms with Gasteiger partial charge < -0.3 is 9.15 Å². The number of hydrogen-bond acceptors (Lipinski definition) is 5. The van der Waals surface area contributed by atoms with Crippen molar-refractivity contribution in [3.8, 4) is 0 Å². The molecule has 1 aromatic heterocycles. The number of ether oxygens (including phenoxy) is 1. The van der Waals surface area contributed by atoms with Crippen LogP contribution in [0.15, 0.2) is 47.1 Å². The number of nitrogens with zero attached hydrogens (tertiary/aromatic N) is 2. The highest BCUT2D eigenvalue weighted by Gasteiger charge is 2.31. The van der Waals surface area contributed by atoms with Crippen molar-refractivity contribution in [2.24, 2.45) is 5.92 Å². The minimum absolute atomic E-state index is 0.227. The lowest BCUT2D eigenvalue weighted by Gasteiger charge is -2.36. The molecule has 1 atom stereocenters. The number of benzene rings is 1. The summed E-state index contributed by atoms with van der Waals surface area (Å²) in [5.74, 6) is 1.45. The standard InChI is InChI=1S/C23H30N2O3/c1-27-23(26)22-7-3-2-5-19(22)15-18-8-13-25(16-18)20-9-11-24(12-10-20)17-21-6-4-14-28-21/h2-7,14,18,20H,8-13,15-17H2,1H3. The van der Waals surface area contributed by atoms with Gasteiger partial charge in [-0.05, 0) is 61.9 Å². The van der Waals surface area contributed by atoms with Crippen LogP contribution < -0.4 is 0 Å². The predicted octanol–water partition coefficient (Wildman–Crippen LogP) is 3.60. The summed E-state index contributed by atoms with van der Waals surface area (Å²) in [6.07, 6.45) is 6.38. The topological polar surface area (TPSA) is 45.9 Å². The lowest BCUT2D eigenvalue weighted by atomic mass is 9.95. The molecule has 2 fully saturated rings. The summed E-state index contributed by atoms with van der Waals surface area (Å²) in [5.41, 5.74) is 1.84. The van der Waals surface area contributed by atoms with Gasteiger partial charge in [-0.1, -0.05) is 18.2 Å². The quantitative estimate of drug-likeness (QED) is 0.715. The fourth-order valence-corrected chi connectivity index (χ4v) is 4.74. The van der Waals surface area contributed by atoms with Gasteiger partial charge in [0, 0.05) is 25.7 Å². The van der Waals surface area contributed by atoms with E-state index in [9.17, 15) is 4.79 Å². The molecule has 0 saturated carbocycles. The Morgan fingerprint density at radius 1 is 1.11 bits per heavy atom. The van der Waals surface area contributed by atoms with E-state index in [-0.39, 0.29) is 5.97 Å². The van der Waals surface area contributed by atoms with Crippen molar-refractivity contribution in [3.63, 3.8) is 0 Å². The third-order valence-corrected chi connectivity index (χ3v) is 6.28. The zero-order valence-corrected chi connectivity index (χ0v) is 16.7. The van der Waals surface area contributed by atoms with E-state index in [0.29, 0.717) is 12.0 Å². The number of esters is 1. The summed E-state index contributed by atoms with van der Waals surface area (Å²) >= 11 is 0. The van der Waals surface area contributed by atoms with Crippen molar-refractivity contribution in [3.05, 3.63) is 59.5 Å². The molecule has 0 spiro atoms.